The van der Waals surface area contributed by atoms with Crippen LogP contribution in [0.2, 0.25) is 0 Å². The number of allylic oxidation sites excluding steroid dienone is 2. The first-order valence-electron chi connectivity index (χ1n) is 6.60. The van der Waals surface area contributed by atoms with Crippen LogP contribution in [0, 0.1) is 0 Å². The van der Waals surface area contributed by atoms with Crippen molar-refractivity contribution in [2.24, 2.45) is 0 Å². The molecular weight excluding hydrogens is 224 g/mol. The number of hydrogen-bond acceptors (Lipinski definition) is 1. The van der Waals surface area contributed by atoms with Crippen molar-refractivity contribution >= 4 is 5.91 Å². The SMILES string of the molecule is CC(=O)N1C=CC(c2cc3c([nH]2)CCCC3)C=C1. The van der Waals surface area contributed by atoms with Crippen molar-refractivity contribution in [3.63, 3.8) is 0 Å². The van der Waals surface area contributed by atoms with E-state index >= 15 is 0 Å². The molecular formula is C15H18N2O. The highest BCUT2D eigenvalue weighted by atomic mass is 16.2. The van der Waals surface area contributed by atoms with E-state index in [1.165, 1.54) is 42.6 Å². The molecule has 3 rings (SSSR count). The lowest BCUT2D eigenvalue weighted by atomic mass is 9.97. The van der Waals surface area contributed by atoms with Crippen LogP contribution in [0.25, 0.3) is 0 Å². The minimum atomic E-state index is 0.0479. The third-order valence-electron chi connectivity index (χ3n) is 3.77. The molecule has 0 saturated heterocycles. The van der Waals surface area contributed by atoms with Gasteiger partial charge >= 0.3 is 0 Å². The van der Waals surface area contributed by atoms with E-state index in [4.69, 9.17) is 0 Å². The zero-order chi connectivity index (χ0) is 12.5. The van der Waals surface area contributed by atoms with Gasteiger partial charge in [-0.05, 0) is 37.3 Å². The van der Waals surface area contributed by atoms with Gasteiger partial charge < -0.3 is 4.98 Å². The Hall–Kier alpha value is -1.77. The minimum absolute atomic E-state index is 0.0479. The summed E-state index contributed by atoms with van der Waals surface area (Å²) < 4.78 is 0. The van der Waals surface area contributed by atoms with Crippen LogP contribution < -0.4 is 0 Å². The van der Waals surface area contributed by atoms with E-state index in [1.54, 1.807) is 11.8 Å². The molecule has 0 fully saturated rings. The predicted octanol–water partition coefficient (Wildman–Crippen LogP) is 2.87. The number of carbonyl (C=O) groups excluding carboxylic acids is 1. The molecule has 3 nitrogen and oxygen atoms in total. The Morgan fingerprint density at radius 1 is 1.28 bits per heavy atom. The summed E-state index contributed by atoms with van der Waals surface area (Å²) in [6.07, 6.45) is 12.8. The van der Waals surface area contributed by atoms with E-state index in [1.807, 2.05) is 12.4 Å². The number of H-pyrrole nitrogens is 1. The second-order valence-electron chi connectivity index (χ2n) is 5.07. The number of hydrogen-bond donors (Lipinski definition) is 1. The Kier molecular flexibility index (Phi) is 2.82. The van der Waals surface area contributed by atoms with Gasteiger partial charge in [-0.25, -0.2) is 0 Å². The molecule has 1 N–H and O–H groups in total. The van der Waals surface area contributed by atoms with Crippen LogP contribution in [-0.2, 0) is 17.6 Å². The lowest BCUT2D eigenvalue weighted by molar-refractivity contribution is -0.124. The Morgan fingerprint density at radius 2 is 2.00 bits per heavy atom. The van der Waals surface area contributed by atoms with Crippen LogP contribution >= 0.6 is 0 Å². The molecule has 0 unspecified atom stereocenters. The maximum Gasteiger partial charge on any atom is 0.227 e. The average Bonchev–Trinajstić information content (AvgIpc) is 2.82. The van der Waals surface area contributed by atoms with Gasteiger partial charge in [0.05, 0.1) is 0 Å². The summed E-state index contributed by atoms with van der Waals surface area (Å²) in [6.45, 7) is 1.57. The van der Waals surface area contributed by atoms with Gasteiger partial charge in [0.2, 0.25) is 5.91 Å². The number of rotatable bonds is 1. The normalized spacial score (nSPS) is 19.1. The Morgan fingerprint density at radius 3 is 2.67 bits per heavy atom. The molecule has 18 heavy (non-hydrogen) atoms. The quantitative estimate of drug-likeness (QED) is 0.807. The minimum Gasteiger partial charge on any atom is -0.361 e. The van der Waals surface area contributed by atoms with Crippen molar-refractivity contribution in [2.75, 3.05) is 0 Å². The lowest BCUT2D eigenvalue weighted by Crippen LogP contribution is -2.18. The third kappa shape index (κ3) is 2.01. The fourth-order valence-corrected chi connectivity index (χ4v) is 2.71. The first-order chi connectivity index (χ1) is 8.74. The molecule has 0 atom stereocenters. The van der Waals surface area contributed by atoms with E-state index < -0.39 is 0 Å². The Bertz CT molecular complexity index is 487. The van der Waals surface area contributed by atoms with E-state index in [9.17, 15) is 4.79 Å². The van der Waals surface area contributed by atoms with Crippen LogP contribution in [-0.4, -0.2) is 15.8 Å². The summed E-state index contributed by atoms with van der Waals surface area (Å²) >= 11 is 0. The highest BCUT2D eigenvalue weighted by molar-refractivity contribution is 5.75. The molecule has 2 aliphatic rings. The monoisotopic (exact) mass is 242 g/mol. The molecule has 0 radical (unpaired) electrons. The van der Waals surface area contributed by atoms with Crippen LogP contribution in [0.3, 0.4) is 0 Å². The highest BCUT2D eigenvalue weighted by Gasteiger charge is 2.17. The van der Waals surface area contributed by atoms with Crippen molar-refractivity contribution in [3.8, 4) is 0 Å². The molecule has 1 aromatic heterocycles. The van der Waals surface area contributed by atoms with Gasteiger partial charge in [-0.3, -0.25) is 9.69 Å². The molecule has 1 aliphatic heterocycles. The maximum absolute atomic E-state index is 11.2. The van der Waals surface area contributed by atoms with E-state index in [0.717, 1.165) is 0 Å². The van der Waals surface area contributed by atoms with Gasteiger partial charge in [-0.2, -0.15) is 0 Å². The maximum atomic E-state index is 11.2. The van der Waals surface area contributed by atoms with E-state index in [-0.39, 0.29) is 11.8 Å². The molecule has 0 spiro atoms. The van der Waals surface area contributed by atoms with E-state index in [0.29, 0.717) is 0 Å². The third-order valence-corrected chi connectivity index (χ3v) is 3.77. The average molecular weight is 242 g/mol. The zero-order valence-corrected chi connectivity index (χ0v) is 10.6. The number of carbonyl (C=O) groups is 1. The van der Waals surface area contributed by atoms with Crippen molar-refractivity contribution in [2.45, 2.75) is 38.5 Å². The topological polar surface area (TPSA) is 36.1 Å². The predicted molar refractivity (Wildman–Crippen MR) is 71.0 cm³/mol. The number of nitrogens with one attached hydrogen (secondary N) is 1. The van der Waals surface area contributed by atoms with E-state index in [2.05, 4.69) is 23.2 Å². The number of amides is 1. The highest BCUT2D eigenvalue weighted by Crippen LogP contribution is 2.28. The Labute approximate surface area is 107 Å². The molecule has 1 aromatic rings. The zero-order valence-electron chi connectivity index (χ0n) is 10.6. The lowest BCUT2D eigenvalue weighted by Gasteiger charge is -2.18. The second kappa shape index (κ2) is 4.48. The molecule has 2 heterocycles. The molecule has 0 saturated carbocycles. The number of fused-ring (bicyclic) bond motifs is 1. The van der Waals surface area contributed by atoms with Gasteiger partial charge in [-0.15, -0.1) is 0 Å². The summed E-state index contributed by atoms with van der Waals surface area (Å²) in [4.78, 5) is 16.4. The number of aryl methyl sites for hydroxylation is 2. The van der Waals surface area contributed by atoms with Crippen molar-refractivity contribution < 1.29 is 4.79 Å². The fraction of sp³-hybridized carbons (Fsp3) is 0.400. The molecule has 1 amide bonds. The van der Waals surface area contributed by atoms with Gasteiger partial charge in [0, 0.05) is 36.6 Å². The van der Waals surface area contributed by atoms with Crippen molar-refractivity contribution in [3.05, 3.63) is 47.6 Å². The largest absolute Gasteiger partial charge is 0.361 e. The van der Waals surface area contributed by atoms with Crippen molar-refractivity contribution in [1.29, 1.82) is 0 Å². The molecule has 94 valence electrons. The standard InChI is InChI=1S/C15H18N2O/c1-11(18)17-8-6-12(7-9-17)15-10-13-4-2-3-5-14(13)16-15/h6-10,12,16H,2-5H2,1H3. The molecule has 3 heteroatoms. The second-order valence-corrected chi connectivity index (χ2v) is 5.07. The smallest absolute Gasteiger partial charge is 0.227 e. The first kappa shape index (κ1) is 11.3. The Balaban J connectivity index is 1.80. The summed E-state index contributed by atoms with van der Waals surface area (Å²) in [6, 6.07) is 2.29. The van der Waals surface area contributed by atoms with Gasteiger partial charge in [0.25, 0.3) is 0 Å². The van der Waals surface area contributed by atoms with Crippen LogP contribution in [0.1, 0.15) is 42.6 Å². The summed E-state index contributed by atoms with van der Waals surface area (Å²) in [5.74, 6) is 0.318. The van der Waals surface area contributed by atoms with Gasteiger partial charge in [0.15, 0.2) is 0 Å². The summed E-state index contributed by atoms with van der Waals surface area (Å²) in [5.41, 5.74) is 4.14. The number of nitrogens with zero attached hydrogens (tertiary/aromatic N) is 1. The number of aromatic nitrogens is 1. The summed E-state index contributed by atoms with van der Waals surface area (Å²) in [5, 5.41) is 0. The first-order valence-corrected chi connectivity index (χ1v) is 6.60. The van der Waals surface area contributed by atoms with Gasteiger partial charge in [0.1, 0.15) is 0 Å². The number of aromatic amines is 1. The molecule has 1 aliphatic carbocycles. The summed E-state index contributed by atoms with van der Waals surface area (Å²) in [7, 11) is 0. The van der Waals surface area contributed by atoms with Crippen LogP contribution in [0.4, 0.5) is 0 Å². The van der Waals surface area contributed by atoms with Gasteiger partial charge in [-0.1, -0.05) is 12.2 Å². The van der Waals surface area contributed by atoms with Crippen molar-refractivity contribution in [1.82, 2.24) is 9.88 Å². The molecule has 0 aromatic carbocycles. The van der Waals surface area contributed by atoms with Crippen LogP contribution in [0.15, 0.2) is 30.6 Å². The fourth-order valence-electron chi connectivity index (χ4n) is 2.71. The van der Waals surface area contributed by atoms with Crippen LogP contribution in [0.5, 0.6) is 0 Å². The molecule has 0 bridgehead atoms.